The summed E-state index contributed by atoms with van der Waals surface area (Å²) >= 11 is 0. The molecule has 0 saturated carbocycles. The maximum Gasteiger partial charge on any atom is 0.376 e. The Bertz CT molecular complexity index is 308. The van der Waals surface area contributed by atoms with Crippen molar-refractivity contribution in [3.63, 3.8) is 0 Å². The van der Waals surface area contributed by atoms with Crippen molar-refractivity contribution < 1.29 is 29.3 Å². The molecule has 0 spiro atoms. The molecule has 15 heavy (non-hydrogen) atoms. The van der Waals surface area contributed by atoms with Crippen LogP contribution >= 0.6 is 0 Å². The van der Waals surface area contributed by atoms with Gasteiger partial charge in [0.1, 0.15) is 0 Å². The van der Waals surface area contributed by atoms with Gasteiger partial charge in [0.25, 0.3) is 0 Å². The molecule has 0 aromatic carbocycles. The van der Waals surface area contributed by atoms with Crippen LogP contribution in [0.25, 0.3) is 0 Å². The molecule has 2 unspecified atom stereocenters. The number of rotatable bonds is 2. The predicted octanol–water partition coefficient (Wildman–Crippen LogP) is -0.550. The van der Waals surface area contributed by atoms with Crippen LogP contribution in [0.2, 0.25) is 0 Å². The van der Waals surface area contributed by atoms with Crippen molar-refractivity contribution in [3.8, 4) is 0 Å². The van der Waals surface area contributed by atoms with Crippen molar-refractivity contribution in [1.29, 1.82) is 0 Å². The van der Waals surface area contributed by atoms with E-state index in [1.54, 1.807) is 0 Å². The summed E-state index contributed by atoms with van der Waals surface area (Å²) in [5.41, 5.74) is -0.0958. The van der Waals surface area contributed by atoms with Crippen molar-refractivity contribution in [3.05, 3.63) is 12.2 Å². The van der Waals surface area contributed by atoms with Gasteiger partial charge in [-0.3, -0.25) is 4.79 Å². The molecule has 0 aromatic heterocycles. The number of hydrogen-bond acceptors (Lipinski definition) is 6. The second-order valence-corrected chi connectivity index (χ2v) is 3.41. The van der Waals surface area contributed by atoms with E-state index in [0.717, 1.165) is 0 Å². The number of ether oxygens (including phenoxy) is 2. The Balaban J connectivity index is 2.85. The van der Waals surface area contributed by atoms with Crippen molar-refractivity contribution in [2.24, 2.45) is 0 Å². The molecule has 84 valence electrons. The van der Waals surface area contributed by atoms with E-state index in [1.807, 2.05) is 0 Å². The molecule has 0 aromatic rings. The molecule has 0 aliphatic carbocycles. The van der Waals surface area contributed by atoms with E-state index in [0.29, 0.717) is 0 Å². The third-order valence-corrected chi connectivity index (χ3v) is 1.73. The minimum absolute atomic E-state index is 0.0958. The number of carbonyl (C=O) groups excluding carboxylic acids is 2. The zero-order valence-corrected chi connectivity index (χ0v) is 8.23. The number of aliphatic hydroxyl groups is 2. The van der Waals surface area contributed by atoms with Gasteiger partial charge in [0.05, 0.1) is 18.9 Å². The first-order valence-corrected chi connectivity index (χ1v) is 4.36. The van der Waals surface area contributed by atoms with E-state index >= 15 is 0 Å². The first-order valence-electron chi connectivity index (χ1n) is 4.36. The minimum Gasteiger partial charge on any atom is -0.398 e. The molecular formula is C9H12O6. The van der Waals surface area contributed by atoms with Gasteiger partial charge in [0.15, 0.2) is 0 Å². The highest BCUT2D eigenvalue weighted by atomic mass is 16.8. The summed E-state index contributed by atoms with van der Waals surface area (Å²) in [6, 6.07) is 0. The molecule has 6 heteroatoms. The van der Waals surface area contributed by atoms with E-state index in [9.17, 15) is 14.7 Å². The molecule has 1 aliphatic rings. The van der Waals surface area contributed by atoms with Gasteiger partial charge < -0.3 is 19.7 Å². The second kappa shape index (κ2) is 4.00. The van der Waals surface area contributed by atoms with Crippen LogP contribution in [0.3, 0.4) is 0 Å². The molecule has 0 amide bonds. The molecule has 1 fully saturated rings. The van der Waals surface area contributed by atoms with Gasteiger partial charge in [-0.05, 0) is 6.92 Å². The highest BCUT2D eigenvalue weighted by Crippen LogP contribution is 2.24. The molecule has 6 nitrogen and oxygen atoms in total. The van der Waals surface area contributed by atoms with E-state index in [4.69, 9.17) is 5.11 Å². The van der Waals surface area contributed by atoms with E-state index < -0.39 is 30.4 Å². The van der Waals surface area contributed by atoms with Crippen molar-refractivity contribution >= 4 is 11.9 Å². The molecule has 2 N–H and O–H groups in total. The number of cyclic esters (lactones) is 2. The van der Waals surface area contributed by atoms with Gasteiger partial charge in [-0.15, -0.1) is 0 Å². The standard InChI is InChI=1S/C9H12O6/c1-5-3-7(11)14-9(13,4-6(2)10)15-8(5)12/h6,10,13H,1,3-4H2,2H3. The molecule has 0 radical (unpaired) electrons. The Kier molecular flexibility index (Phi) is 3.11. The van der Waals surface area contributed by atoms with Gasteiger partial charge in [-0.2, -0.15) is 0 Å². The summed E-state index contributed by atoms with van der Waals surface area (Å²) in [5.74, 6) is -4.14. The molecule has 0 bridgehead atoms. The summed E-state index contributed by atoms with van der Waals surface area (Å²) in [5, 5.41) is 18.6. The third-order valence-electron chi connectivity index (χ3n) is 1.73. The summed E-state index contributed by atoms with van der Waals surface area (Å²) in [6.07, 6.45) is -1.72. The van der Waals surface area contributed by atoms with Crippen LogP contribution in [-0.4, -0.2) is 34.2 Å². The lowest BCUT2D eigenvalue weighted by atomic mass is 10.2. The third kappa shape index (κ3) is 3.03. The fourth-order valence-electron chi connectivity index (χ4n) is 1.15. The van der Waals surface area contributed by atoms with Gasteiger partial charge in [0.2, 0.25) is 0 Å². The van der Waals surface area contributed by atoms with Crippen LogP contribution in [-0.2, 0) is 19.1 Å². The van der Waals surface area contributed by atoms with Gasteiger partial charge >= 0.3 is 17.9 Å². The first-order chi connectivity index (χ1) is 6.82. The zero-order chi connectivity index (χ0) is 11.6. The average Bonchev–Trinajstić information content (AvgIpc) is 2.07. The number of carbonyl (C=O) groups is 2. The Labute approximate surface area is 86.1 Å². The molecule has 2 atom stereocenters. The van der Waals surface area contributed by atoms with E-state index in [-0.39, 0.29) is 12.0 Å². The minimum atomic E-state index is -2.40. The Morgan fingerprint density at radius 1 is 1.53 bits per heavy atom. The number of hydrogen-bond donors (Lipinski definition) is 2. The summed E-state index contributed by atoms with van der Waals surface area (Å²) in [4.78, 5) is 22.2. The van der Waals surface area contributed by atoms with Crippen molar-refractivity contribution in [1.82, 2.24) is 0 Å². The van der Waals surface area contributed by atoms with Gasteiger partial charge in [0, 0.05) is 5.57 Å². The Morgan fingerprint density at radius 2 is 2.13 bits per heavy atom. The fraction of sp³-hybridized carbons (Fsp3) is 0.556. The van der Waals surface area contributed by atoms with Crippen molar-refractivity contribution in [2.45, 2.75) is 31.8 Å². The largest absolute Gasteiger partial charge is 0.398 e. The summed E-state index contributed by atoms with van der Waals surface area (Å²) in [7, 11) is 0. The molecular weight excluding hydrogens is 204 g/mol. The maximum absolute atomic E-state index is 11.2. The van der Waals surface area contributed by atoms with Crippen LogP contribution in [0, 0.1) is 0 Å². The van der Waals surface area contributed by atoms with Crippen molar-refractivity contribution in [2.75, 3.05) is 0 Å². The van der Waals surface area contributed by atoms with Crippen LogP contribution in [0.1, 0.15) is 19.8 Å². The van der Waals surface area contributed by atoms with E-state index in [1.165, 1.54) is 6.92 Å². The van der Waals surface area contributed by atoms with Crippen LogP contribution in [0.4, 0.5) is 0 Å². The smallest absolute Gasteiger partial charge is 0.376 e. The molecule has 1 saturated heterocycles. The normalized spacial score (nSPS) is 29.1. The lowest BCUT2D eigenvalue weighted by molar-refractivity contribution is -0.328. The van der Waals surface area contributed by atoms with Crippen LogP contribution in [0.15, 0.2) is 12.2 Å². The van der Waals surface area contributed by atoms with Gasteiger partial charge in [-0.1, -0.05) is 6.58 Å². The summed E-state index contributed by atoms with van der Waals surface area (Å²) < 4.78 is 9.01. The fourth-order valence-corrected chi connectivity index (χ4v) is 1.15. The number of esters is 2. The number of aliphatic hydroxyl groups excluding tert-OH is 1. The maximum atomic E-state index is 11.2. The van der Waals surface area contributed by atoms with Gasteiger partial charge in [-0.25, -0.2) is 4.79 Å². The lowest BCUT2D eigenvalue weighted by Gasteiger charge is -2.25. The molecule has 1 aliphatic heterocycles. The second-order valence-electron chi connectivity index (χ2n) is 3.41. The monoisotopic (exact) mass is 216 g/mol. The van der Waals surface area contributed by atoms with Crippen LogP contribution in [0.5, 0.6) is 0 Å². The SMILES string of the molecule is C=C1CC(=O)OC(O)(CC(C)O)OC1=O. The first kappa shape index (κ1) is 11.7. The lowest BCUT2D eigenvalue weighted by Crippen LogP contribution is -2.40. The zero-order valence-electron chi connectivity index (χ0n) is 8.23. The quantitative estimate of drug-likeness (QED) is 0.475. The summed E-state index contributed by atoms with van der Waals surface area (Å²) in [6.45, 7) is 4.66. The Morgan fingerprint density at radius 3 is 2.67 bits per heavy atom. The average molecular weight is 216 g/mol. The Hall–Kier alpha value is -1.40. The molecule has 1 rings (SSSR count). The highest BCUT2D eigenvalue weighted by Gasteiger charge is 2.41. The highest BCUT2D eigenvalue weighted by molar-refractivity contribution is 5.94. The van der Waals surface area contributed by atoms with Crippen LogP contribution < -0.4 is 0 Å². The van der Waals surface area contributed by atoms with E-state index in [2.05, 4.69) is 16.1 Å². The molecule has 1 heterocycles. The topological polar surface area (TPSA) is 93.1 Å². The predicted molar refractivity (Wildman–Crippen MR) is 47.2 cm³/mol.